The first kappa shape index (κ1) is 16.1. The molecule has 3 rings (SSSR count). The molecule has 2 aromatic carbocycles. The number of hydrogen-bond donors (Lipinski definition) is 1. The van der Waals surface area contributed by atoms with Crippen LogP contribution in [0.4, 0.5) is 0 Å². The Bertz CT molecular complexity index is 880. The summed E-state index contributed by atoms with van der Waals surface area (Å²) in [7, 11) is 1.65. The van der Waals surface area contributed by atoms with E-state index in [0.717, 1.165) is 28.0 Å². The van der Waals surface area contributed by atoms with Crippen LogP contribution in [0.15, 0.2) is 42.5 Å². The summed E-state index contributed by atoms with van der Waals surface area (Å²) in [5.74, 6) is 2.22. The standard InChI is InChI=1S/C20H22N2O2/c1-5-7-15-10-11-17(18(12-15)23-4)24-14(3)20-21-16-9-6-8-13(2)19(16)22-20/h5-12,14H,1-4H3,(H,21,22). The van der Waals surface area contributed by atoms with Crippen molar-refractivity contribution in [1.29, 1.82) is 0 Å². The lowest BCUT2D eigenvalue weighted by molar-refractivity contribution is 0.208. The minimum Gasteiger partial charge on any atom is -0.493 e. The molecule has 0 bridgehead atoms. The number of para-hydroxylation sites is 1. The van der Waals surface area contributed by atoms with Gasteiger partial charge < -0.3 is 14.5 Å². The van der Waals surface area contributed by atoms with Crippen molar-refractivity contribution in [1.82, 2.24) is 9.97 Å². The zero-order valence-electron chi connectivity index (χ0n) is 14.5. The van der Waals surface area contributed by atoms with E-state index in [9.17, 15) is 0 Å². The van der Waals surface area contributed by atoms with Crippen molar-refractivity contribution in [2.24, 2.45) is 0 Å². The Morgan fingerprint density at radius 3 is 2.71 bits per heavy atom. The van der Waals surface area contributed by atoms with Gasteiger partial charge in [-0.3, -0.25) is 0 Å². The van der Waals surface area contributed by atoms with Crippen LogP contribution < -0.4 is 9.47 Å². The van der Waals surface area contributed by atoms with E-state index in [1.165, 1.54) is 0 Å². The van der Waals surface area contributed by atoms with E-state index in [1.54, 1.807) is 7.11 Å². The predicted molar refractivity (Wildman–Crippen MR) is 97.6 cm³/mol. The number of ether oxygens (including phenoxy) is 2. The first-order valence-electron chi connectivity index (χ1n) is 8.05. The first-order valence-corrected chi connectivity index (χ1v) is 8.05. The highest BCUT2D eigenvalue weighted by molar-refractivity contribution is 5.78. The summed E-state index contributed by atoms with van der Waals surface area (Å²) in [5, 5.41) is 0. The van der Waals surface area contributed by atoms with Gasteiger partial charge in [-0.1, -0.05) is 30.4 Å². The van der Waals surface area contributed by atoms with E-state index < -0.39 is 0 Å². The van der Waals surface area contributed by atoms with E-state index in [0.29, 0.717) is 11.5 Å². The highest BCUT2D eigenvalue weighted by atomic mass is 16.5. The number of nitrogens with zero attached hydrogens (tertiary/aromatic N) is 1. The number of allylic oxidation sites excluding steroid dienone is 1. The van der Waals surface area contributed by atoms with Gasteiger partial charge in [0, 0.05) is 0 Å². The molecule has 4 nitrogen and oxygen atoms in total. The SMILES string of the molecule is CC=Cc1ccc(OC(C)c2nc3c(C)cccc3[nH]2)c(OC)c1. The third-order valence-electron chi connectivity index (χ3n) is 3.97. The number of imidazole rings is 1. The first-order chi connectivity index (χ1) is 11.6. The van der Waals surface area contributed by atoms with Gasteiger partial charge in [0.05, 0.1) is 18.1 Å². The molecular weight excluding hydrogens is 300 g/mol. The molecule has 0 aliphatic rings. The van der Waals surface area contributed by atoms with Crippen LogP contribution in [0.2, 0.25) is 0 Å². The molecule has 0 radical (unpaired) electrons. The third-order valence-corrected chi connectivity index (χ3v) is 3.97. The number of aromatic nitrogens is 2. The maximum absolute atomic E-state index is 6.08. The zero-order valence-corrected chi connectivity index (χ0v) is 14.5. The molecular formula is C20H22N2O2. The number of aryl methyl sites for hydroxylation is 1. The van der Waals surface area contributed by atoms with E-state index in [1.807, 2.05) is 56.3 Å². The quantitative estimate of drug-likeness (QED) is 0.715. The molecule has 0 fully saturated rings. The Kier molecular flexibility index (Phi) is 4.56. The number of benzene rings is 2. The number of H-pyrrole nitrogens is 1. The van der Waals surface area contributed by atoms with E-state index in [-0.39, 0.29) is 6.10 Å². The van der Waals surface area contributed by atoms with Crippen LogP contribution in [0, 0.1) is 6.92 Å². The molecule has 4 heteroatoms. The smallest absolute Gasteiger partial charge is 0.162 e. The lowest BCUT2D eigenvalue weighted by atomic mass is 10.2. The van der Waals surface area contributed by atoms with Crippen molar-refractivity contribution < 1.29 is 9.47 Å². The van der Waals surface area contributed by atoms with Crippen molar-refractivity contribution in [2.45, 2.75) is 26.9 Å². The average molecular weight is 322 g/mol. The zero-order chi connectivity index (χ0) is 17.1. The normalized spacial score (nSPS) is 12.7. The molecule has 0 saturated carbocycles. The number of fused-ring (bicyclic) bond motifs is 1. The van der Waals surface area contributed by atoms with Crippen LogP contribution in [0.25, 0.3) is 17.1 Å². The van der Waals surface area contributed by atoms with Crippen LogP contribution in [-0.4, -0.2) is 17.1 Å². The van der Waals surface area contributed by atoms with Crippen molar-refractivity contribution in [3.8, 4) is 11.5 Å². The van der Waals surface area contributed by atoms with Gasteiger partial charge in [-0.15, -0.1) is 0 Å². The lowest BCUT2D eigenvalue weighted by Gasteiger charge is -2.15. The third kappa shape index (κ3) is 3.13. The predicted octanol–water partition coefficient (Wildman–Crippen LogP) is 5.05. The molecule has 1 aromatic heterocycles. The molecule has 1 heterocycles. The van der Waals surface area contributed by atoms with Gasteiger partial charge in [0.2, 0.25) is 0 Å². The lowest BCUT2D eigenvalue weighted by Crippen LogP contribution is -2.06. The number of nitrogens with one attached hydrogen (secondary N) is 1. The molecule has 0 spiro atoms. The summed E-state index contributed by atoms with van der Waals surface area (Å²) in [6.07, 6.45) is 3.81. The monoisotopic (exact) mass is 322 g/mol. The van der Waals surface area contributed by atoms with E-state index >= 15 is 0 Å². The van der Waals surface area contributed by atoms with Crippen LogP contribution >= 0.6 is 0 Å². The Balaban J connectivity index is 1.88. The molecule has 0 saturated heterocycles. The maximum atomic E-state index is 6.08. The van der Waals surface area contributed by atoms with Gasteiger partial charge >= 0.3 is 0 Å². The molecule has 0 aliphatic carbocycles. The largest absolute Gasteiger partial charge is 0.493 e. The molecule has 3 aromatic rings. The summed E-state index contributed by atoms with van der Waals surface area (Å²) in [5.41, 5.74) is 4.23. The Labute approximate surface area is 142 Å². The Morgan fingerprint density at radius 1 is 1.17 bits per heavy atom. The summed E-state index contributed by atoms with van der Waals surface area (Å²) < 4.78 is 11.5. The number of methoxy groups -OCH3 is 1. The fourth-order valence-electron chi connectivity index (χ4n) is 2.71. The molecule has 1 atom stereocenters. The maximum Gasteiger partial charge on any atom is 0.162 e. The topological polar surface area (TPSA) is 47.1 Å². The fraction of sp³-hybridized carbons (Fsp3) is 0.250. The molecule has 124 valence electrons. The van der Waals surface area contributed by atoms with Gasteiger partial charge in [0.1, 0.15) is 5.82 Å². The van der Waals surface area contributed by atoms with Crippen LogP contribution in [0.3, 0.4) is 0 Å². The van der Waals surface area contributed by atoms with Crippen LogP contribution in [-0.2, 0) is 0 Å². The highest BCUT2D eigenvalue weighted by Crippen LogP contribution is 2.32. The minimum absolute atomic E-state index is 0.210. The summed E-state index contributed by atoms with van der Waals surface area (Å²) in [4.78, 5) is 8.02. The van der Waals surface area contributed by atoms with Crippen molar-refractivity contribution in [3.05, 3.63) is 59.4 Å². The van der Waals surface area contributed by atoms with Crippen molar-refractivity contribution in [3.63, 3.8) is 0 Å². The average Bonchev–Trinajstić information content (AvgIpc) is 3.02. The minimum atomic E-state index is -0.210. The van der Waals surface area contributed by atoms with Gasteiger partial charge in [-0.05, 0) is 50.1 Å². The van der Waals surface area contributed by atoms with Gasteiger partial charge in [0.25, 0.3) is 0 Å². The number of hydrogen-bond acceptors (Lipinski definition) is 3. The fourth-order valence-corrected chi connectivity index (χ4v) is 2.71. The van der Waals surface area contributed by atoms with Crippen molar-refractivity contribution in [2.75, 3.05) is 7.11 Å². The van der Waals surface area contributed by atoms with Gasteiger partial charge in [-0.25, -0.2) is 4.98 Å². The Morgan fingerprint density at radius 2 is 2.00 bits per heavy atom. The number of rotatable bonds is 5. The second-order valence-corrected chi connectivity index (χ2v) is 5.76. The van der Waals surface area contributed by atoms with Crippen LogP contribution in [0.5, 0.6) is 11.5 Å². The number of aromatic amines is 1. The summed E-state index contributed by atoms with van der Waals surface area (Å²) >= 11 is 0. The highest BCUT2D eigenvalue weighted by Gasteiger charge is 2.15. The summed E-state index contributed by atoms with van der Waals surface area (Å²) in [6.45, 7) is 6.02. The second kappa shape index (κ2) is 6.79. The van der Waals surface area contributed by atoms with E-state index in [2.05, 4.69) is 23.0 Å². The van der Waals surface area contributed by atoms with Gasteiger partial charge in [0.15, 0.2) is 17.6 Å². The Hall–Kier alpha value is -2.75. The van der Waals surface area contributed by atoms with Crippen molar-refractivity contribution >= 4 is 17.1 Å². The van der Waals surface area contributed by atoms with E-state index in [4.69, 9.17) is 9.47 Å². The van der Waals surface area contributed by atoms with Crippen LogP contribution in [0.1, 0.15) is 36.9 Å². The molecule has 1 unspecified atom stereocenters. The molecule has 1 N–H and O–H groups in total. The molecule has 0 aliphatic heterocycles. The molecule has 24 heavy (non-hydrogen) atoms. The van der Waals surface area contributed by atoms with Gasteiger partial charge in [-0.2, -0.15) is 0 Å². The summed E-state index contributed by atoms with van der Waals surface area (Å²) in [6, 6.07) is 12.0. The second-order valence-electron chi connectivity index (χ2n) is 5.76. The molecule has 0 amide bonds.